The average molecular weight is 664 g/mol. The molecule has 2 rings (SSSR count). The van der Waals surface area contributed by atoms with Crippen LogP contribution in [0.15, 0.2) is 117 Å². The van der Waals surface area contributed by atoms with Crippen molar-refractivity contribution in [2.45, 2.75) is 108 Å². The minimum atomic E-state index is -1.16. The number of hydrogen-bond donors (Lipinski definition) is 0. The van der Waals surface area contributed by atoms with Crippen LogP contribution in [0, 0.1) is 10.8 Å². The zero-order valence-electron chi connectivity index (χ0n) is 29.5. The van der Waals surface area contributed by atoms with Gasteiger partial charge in [-0.2, -0.15) is 0 Å². The summed E-state index contributed by atoms with van der Waals surface area (Å²) >= 11 is 0. The van der Waals surface area contributed by atoms with E-state index in [4.69, 9.17) is 0 Å². The molecule has 0 fully saturated rings. The van der Waals surface area contributed by atoms with Gasteiger partial charge < -0.3 is 19.8 Å². The Morgan fingerprint density at radius 1 is 0.600 bits per heavy atom. The van der Waals surface area contributed by atoms with Crippen molar-refractivity contribution in [3.8, 4) is 0 Å². The van der Waals surface area contributed by atoms with E-state index < -0.39 is 11.9 Å². The molecule has 0 spiro atoms. The second-order valence-electron chi connectivity index (χ2n) is 13.5. The fourth-order valence-corrected chi connectivity index (χ4v) is 5.73. The van der Waals surface area contributed by atoms with Crippen molar-refractivity contribution in [2.24, 2.45) is 10.8 Å². The smallest absolute Gasteiger partial charge is 0.545 e. The first-order chi connectivity index (χ1) is 20.4. The van der Waals surface area contributed by atoms with Gasteiger partial charge in [0.1, 0.15) is 0 Å². The first-order valence-corrected chi connectivity index (χ1v) is 15.7. The van der Waals surface area contributed by atoms with E-state index in [9.17, 15) is 19.8 Å². The van der Waals surface area contributed by atoms with E-state index in [-0.39, 0.29) is 30.3 Å². The summed E-state index contributed by atoms with van der Waals surface area (Å²) in [7, 11) is 0. The number of allylic oxidation sites excluding steroid dienone is 18. The molecule has 0 aliphatic heterocycles. The normalized spacial score (nSPS) is 19.8. The Bertz CT molecular complexity index is 1240. The average Bonchev–Trinajstić information content (AvgIpc) is 2.87. The van der Waals surface area contributed by atoms with E-state index in [1.54, 1.807) is 26.0 Å². The Morgan fingerprint density at radius 3 is 1.22 bits per heavy atom. The zero-order valence-corrected chi connectivity index (χ0v) is 32.5. The zero-order chi connectivity index (χ0) is 33.5. The molecule has 0 unspecified atom stereocenters. The molecular formula is C40H54O4Zn. The van der Waals surface area contributed by atoms with Gasteiger partial charge >= 0.3 is 19.5 Å². The predicted octanol–water partition coefficient (Wildman–Crippen LogP) is 8.53. The summed E-state index contributed by atoms with van der Waals surface area (Å²) in [6, 6.07) is 0. The summed E-state index contributed by atoms with van der Waals surface area (Å²) in [5.41, 5.74) is 9.99. The van der Waals surface area contributed by atoms with Gasteiger partial charge in [0.25, 0.3) is 0 Å². The van der Waals surface area contributed by atoms with E-state index in [0.717, 1.165) is 23.3 Å². The molecule has 0 heterocycles. The number of rotatable bonds is 10. The third-order valence-corrected chi connectivity index (χ3v) is 8.24. The molecule has 2 aliphatic carbocycles. The van der Waals surface area contributed by atoms with Crippen molar-refractivity contribution < 1.29 is 39.3 Å². The van der Waals surface area contributed by atoms with Crippen molar-refractivity contribution >= 4 is 11.9 Å². The summed E-state index contributed by atoms with van der Waals surface area (Å²) < 4.78 is 0. The number of carbonyl (C=O) groups excluding carboxylic acids is 2. The molecule has 0 N–H and O–H groups in total. The molecule has 0 aromatic heterocycles. The van der Waals surface area contributed by atoms with Gasteiger partial charge in [0.15, 0.2) is 0 Å². The monoisotopic (exact) mass is 662 g/mol. The van der Waals surface area contributed by atoms with Crippen LogP contribution in [-0.2, 0) is 29.1 Å². The molecule has 0 amide bonds. The first-order valence-electron chi connectivity index (χ1n) is 15.7. The van der Waals surface area contributed by atoms with Crippen molar-refractivity contribution in [2.75, 3.05) is 0 Å². The van der Waals surface area contributed by atoms with Gasteiger partial charge in [0, 0.05) is 0 Å². The fourth-order valence-electron chi connectivity index (χ4n) is 5.73. The summed E-state index contributed by atoms with van der Waals surface area (Å²) in [5, 5.41) is 20.8. The number of aliphatic carboxylic acids is 2. The van der Waals surface area contributed by atoms with E-state index in [1.165, 1.54) is 60.8 Å². The largest absolute Gasteiger partial charge is 2.00 e. The Kier molecular flexibility index (Phi) is 18.8. The second-order valence-corrected chi connectivity index (χ2v) is 13.5. The van der Waals surface area contributed by atoms with Crippen LogP contribution in [0.2, 0.25) is 0 Å². The van der Waals surface area contributed by atoms with Crippen LogP contribution in [0.3, 0.4) is 0 Å². The minimum Gasteiger partial charge on any atom is -0.545 e. The molecule has 0 aromatic carbocycles. The van der Waals surface area contributed by atoms with Gasteiger partial charge in [-0.05, 0) is 125 Å². The molecule has 4 nitrogen and oxygen atoms in total. The summed E-state index contributed by atoms with van der Waals surface area (Å²) in [4.78, 5) is 20.8. The Morgan fingerprint density at radius 2 is 0.933 bits per heavy atom. The Labute approximate surface area is 286 Å². The molecule has 0 aromatic rings. The van der Waals surface area contributed by atoms with Crippen molar-refractivity contribution in [3.05, 3.63) is 117 Å². The van der Waals surface area contributed by atoms with Gasteiger partial charge in [-0.25, -0.2) is 0 Å². The number of hydrogen-bond acceptors (Lipinski definition) is 4. The number of carboxylic acid groups (broad SMARTS) is 2. The molecule has 240 valence electrons. The van der Waals surface area contributed by atoms with Gasteiger partial charge in [-0.3, -0.25) is 0 Å². The molecule has 0 bridgehead atoms. The van der Waals surface area contributed by atoms with E-state index in [2.05, 4.69) is 65.8 Å². The molecule has 0 radical (unpaired) electrons. The number of carbonyl (C=O) groups is 2. The maximum atomic E-state index is 10.4. The van der Waals surface area contributed by atoms with Crippen LogP contribution < -0.4 is 10.2 Å². The summed E-state index contributed by atoms with van der Waals surface area (Å²) in [6.07, 6.45) is 29.5. The van der Waals surface area contributed by atoms with Gasteiger partial charge in [0.05, 0.1) is 11.9 Å². The van der Waals surface area contributed by atoms with E-state index >= 15 is 0 Å². The van der Waals surface area contributed by atoms with Crippen molar-refractivity contribution in [3.63, 3.8) is 0 Å². The molecule has 5 heteroatoms. The van der Waals surface area contributed by atoms with Gasteiger partial charge in [0.2, 0.25) is 0 Å². The van der Waals surface area contributed by atoms with Crippen molar-refractivity contribution in [1.82, 2.24) is 0 Å². The van der Waals surface area contributed by atoms with Crippen LogP contribution in [-0.4, -0.2) is 11.9 Å². The third kappa shape index (κ3) is 16.7. The first kappa shape index (κ1) is 42.0. The third-order valence-electron chi connectivity index (χ3n) is 8.24. The van der Waals surface area contributed by atoms with Crippen LogP contribution in [0.1, 0.15) is 108 Å². The molecule has 0 saturated carbocycles. The quantitative estimate of drug-likeness (QED) is 0.133. The van der Waals surface area contributed by atoms with E-state index in [1.807, 2.05) is 38.2 Å². The molecule has 45 heavy (non-hydrogen) atoms. The predicted molar refractivity (Wildman–Crippen MR) is 182 cm³/mol. The maximum Gasteiger partial charge on any atom is 2.00 e. The summed E-state index contributed by atoms with van der Waals surface area (Å²) in [5.74, 6) is -2.32. The summed E-state index contributed by atoms with van der Waals surface area (Å²) in [6.45, 7) is 21.3. The van der Waals surface area contributed by atoms with Gasteiger partial charge in [-0.15, -0.1) is 0 Å². The second kappa shape index (κ2) is 20.2. The Balaban J connectivity index is 0.000000842. The fraction of sp³-hybridized carbons (Fsp3) is 0.450. The molecule has 0 atom stereocenters. The van der Waals surface area contributed by atoms with Crippen LogP contribution >= 0.6 is 0 Å². The Hall–Kier alpha value is -3.04. The van der Waals surface area contributed by atoms with Crippen LogP contribution in [0.4, 0.5) is 0 Å². The SMILES string of the molecule is CC1=C(/C=C/C(C)=C\C=C\C(C)=C\C(=O)[O-])C(C)(C)CCC1.CC1=C(/C=C/C(C)=C\C=C\C(C)=C\C(=O)[O-])C(C)(C)CCC1.[Zn+2]. The minimum absolute atomic E-state index is 0. The molecule has 0 saturated heterocycles. The van der Waals surface area contributed by atoms with Gasteiger partial charge in [-0.1, -0.05) is 111 Å². The molecular weight excluding hydrogens is 610 g/mol. The molecule has 2 aliphatic rings. The van der Waals surface area contributed by atoms with E-state index in [0.29, 0.717) is 11.1 Å². The maximum absolute atomic E-state index is 10.4. The standard InChI is InChI=1S/2C20H28O2.Zn/c2*1-15(8-6-9-16(2)14-19(21)22)11-12-18-17(3)10-7-13-20(18,4)5;/h2*6,8-9,11-12,14H,7,10,13H2,1-5H3,(H,21,22);/q;;+2/p-2/b2*9-6+,12-11+,15-8-,16-14+;. The van der Waals surface area contributed by atoms with Crippen LogP contribution in [0.5, 0.6) is 0 Å². The topological polar surface area (TPSA) is 80.3 Å². The van der Waals surface area contributed by atoms with Crippen molar-refractivity contribution in [1.29, 1.82) is 0 Å². The number of carboxylic acids is 2. The van der Waals surface area contributed by atoms with Crippen LogP contribution in [0.25, 0.3) is 0 Å².